The number of benzene rings is 1. The second-order valence-electron chi connectivity index (χ2n) is 5.72. The van der Waals surface area contributed by atoms with Crippen LogP contribution in [-0.2, 0) is 17.1 Å². The molecule has 0 aromatic heterocycles. The molecule has 1 heterocycles. The monoisotopic (exact) mass is 384 g/mol. The van der Waals surface area contributed by atoms with Gasteiger partial charge in [0.2, 0.25) is 0 Å². The number of hydrogen-bond acceptors (Lipinski definition) is 6. The number of anilines is 1. The molecule has 0 bridgehead atoms. The van der Waals surface area contributed by atoms with Crippen molar-refractivity contribution in [3.63, 3.8) is 0 Å². The summed E-state index contributed by atoms with van der Waals surface area (Å²) in [5.74, 6) is 0. The van der Waals surface area contributed by atoms with Gasteiger partial charge in [-0.2, -0.15) is 0 Å². The van der Waals surface area contributed by atoms with E-state index in [9.17, 15) is 10.1 Å². The normalized spacial score (nSPS) is 18.2. The molecule has 8 heteroatoms. The zero-order valence-electron chi connectivity index (χ0n) is 13.9. The van der Waals surface area contributed by atoms with Crippen molar-refractivity contribution >= 4 is 11.4 Å². The van der Waals surface area contributed by atoms with E-state index in [1.165, 1.54) is 0 Å². The molecule has 137 valence electrons. The van der Waals surface area contributed by atoms with Crippen LogP contribution in [-0.4, -0.2) is 57.3 Å². The van der Waals surface area contributed by atoms with Crippen molar-refractivity contribution in [1.82, 2.24) is 16.0 Å². The first-order valence-corrected chi connectivity index (χ1v) is 8.39. The minimum atomic E-state index is -0.355. The summed E-state index contributed by atoms with van der Waals surface area (Å²) >= 11 is 0. The molecule has 0 amide bonds. The van der Waals surface area contributed by atoms with Crippen molar-refractivity contribution in [2.24, 2.45) is 0 Å². The minimum absolute atomic E-state index is 0. The fraction of sp³-hybridized carbons (Fsp3) is 0.625. The van der Waals surface area contributed by atoms with Gasteiger partial charge in [-0.05, 0) is 44.6 Å². The van der Waals surface area contributed by atoms with Crippen LogP contribution in [0.5, 0.6) is 0 Å². The Labute approximate surface area is 154 Å². The van der Waals surface area contributed by atoms with Crippen molar-refractivity contribution in [2.75, 3.05) is 57.3 Å². The number of nitro benzene ring substituents is 1. The Kier molecular flexibility index (Phi) is 10.6. The fourth-order valence-electron chi connectivity index (χ4n) is 2.65. The summed E-state index contributed by atoms with van der Waals surface area (Å²) in [6.45, 7) is 7.81. The van der Waals surface area contributed by atoms with Gasteiger partial charge in [0.15, 0.2) is 0 Å². The first-order valence-electron chi connectivity index (χ1n) is 8.39. The second-order valence-corrected chi connectivity index (χ2v) is 5.72. The molecular weight excluding hydrogens is 358 g/mol. The summed E-state index contributed by atoms with van der Waals surface area (Å²) in [7, 11) is 0. The minimum Gasteiger partial charge on any atom is -0.370 e. The van der Waals surface area contributed by atoms with Gasteiger partial charge in [0.1, 0.15) is 0 Å². The molecule has 7 nitrogen and oxygen atoms in total. The largest absolute Gasteiger partial charge is 2.00 e. The van der Waals surface area contributed by atoms with E-state index in [1.54, 1.807) is 12.1 Å². The summed E-state index contributed by atoms with van der Waals surface area (Å²) in [5, 5.41) is 21.1. The quantitative estimate of drug-likeness (QED) is 0.400. The van der Waals surface area contributed by atoms with E-state index in [-0.39, 0.29) is 27.7 Å². The Hall–Kier alpha value is -1.18. The van der Waals surface area contributed by atoms with Gasteiger partial charge in [-0.3, -0.25) is 10.1 Å². The summed E-state index contributed by atoms with van der Waals surface area (Å²) in [4.78, 5) is 12.7. The van der Waals surface area contributed by atoms with E-state index >= 15 is 0 Å². The van der Waals surface area contributed by atoms with Crippen LogP contribution >= 0.6 is 0 Å². The summed E-state index contributed by atoms with van der Waals surface area (Å²) < 4.78 is 0. The van der Waals surface area contributed by atoms with Crippen LogP contribution < -0.4 is 20.9 Å². The van der Waals surface area contributed by atoms with E-state index < -0.39 is 0 Å². The molecule has 1 aliphatic heterocycles. The van der Waals surface area contributed by atoms with Crippen LogP contribution in [0.25, 0.3) is 0 Å². The first kappa shape index (κ1) is 20.9. The molecule has 1 aromatic carbocycles. The van der Waals surface area contributed by atoms with Crippen LogP contribution in [0.4, 0.5) is 11.4 Å². The van der Waals surface area contributed by atoms with Crippen molar-refractivity contribution in [1.29, 1.82) is 0 Å². The number of nitro groups is 1. The van der Waals surface area contributed by atoms with Gasteiger partial charge in [-0.15, -0.1) is 0 Å². The van der Waals surface area contributed by atoms with Crippen LogP contribution in [0.2, 0.25) is 0 Å². The Balaban J connectivity index is 0.00000288. The zero-order chi connectivity index (χ0) is 16.3. The summed E-state index contributed by atoms with van der Waals surface area (Å²) in [5.41, 5.74) is 1.19. The third-order valence-electron chi connectivity index (χ3n) is 3.95. The number of nitrogens with zero attached hydrogens (tertiary/aromatic N) is 2. The molecule has 2 rings (SSSR count). The van der Waals surface area contributed by atoms with Gasteiger partial charge in [-0.25, -0.2) is 0 Å². The maximum absolute atomic E-state index is 10.8. The molecule has 0 spiro atoms. The summed E-state index contributed by atoms with van der Waals surface area (Å²) in [6, 6.07) is 6.85. The molecule has 0 saturated carbocycles. The number of hydrogen-bond donors (Lipinski definition) is 3. The van der Waals surface area contributed by atoms with Gasteiger partial charge in [0.25, 0.3) is 5.69 Å². The summed E-state index contributed by atoms with van der Waals surface area (Å²) in [6.07, 6.45) is 2.18. The Morgan fingerprint density at radius 1 is 0.833 bits per heavy atom. The maximum Gasteiger partial charge on any atom is 2.00 e. The molecule has 1 aromatic rings. The van der Waals surface area contributed by atoms with Crippen molar-refractivity contribution in [2.45, 2.75) is 12.8 Å². The van der Waals surface area contributed by atoms with Crippen molar-refractivity contribution in [3.8, 4) is 0 Å². The Morgan fingerprint density at radius 3 is 2.04 bits per heavy atom. The molecule has 0 aliphatic carbocycles. The molecule has 24 heavy (non-hydrogen) atoms. The van der Waals surface area contributed by atoms with E-state index in [2.05, 4.69) is 20.9 Å². The number of nitrogens with one attached hydrogen (secondary N) is 3. The predicted molar refractivity (Wildman–Crippen MR) is 93.2 cm³/mol. The maximum atomic E-state index is 10.8. The SMILES string of the molecule is O=[N+]([O-])c1ccc(N2CCCNCCNCCCNCC2)cc1.[Cu+2]. The van der Waals surface area contributed by atoms with Crippen molar-refractivity contribution in [3.05, 3.63) is 34.4 Å². The third-order valence-corrected chi connectivity index (χ3v) is 3.95. The zero-order valence-corrected chi connectivity index (χ0v) is 14.8. The Morgan fingerprint density at radius 2 is 1.42 bits per heavy atom. The van der Waals surface area contributed by atoms with Gasteiger partial charge in [-0.1, -0.05) is 0 Å². The van der Waals surface area contributed by atoms with Crippen molar-refractivity contribution < 1.29 is 22.0 Å². The average Bonchev–Trinajstić information content (AvgIpc) is 2.57. The van der Waals surface area contributed by atoms with Crippen LogP contribution in [0, 0.1) is 10.1 Å². The smallest absolute Gasteiger partial charge is 0.370 e. The number of non-ortho nitro benzene ring substituents is 1. The van der Waals surface area contributed by atoms with Gasteiger partial charge < -0.3 is 20.9 Å². The van der Waals surface area contributed by atoms with E-state index in [1.807, 2.05) is 12.1 Å². The van der Waals surface area contributed by atoms with Gasteiger partial charge >= 0.3 is 17.1 Å². The molecule has 1 fully saturated rings. The Bertz CT molecular complexity index is 458. The molecule has 0 atom stereocenters. The van der Waals surface area contributed by atoms with Crippen LogP contribution in [0.3, 0.4) is 0 Å². The first-order chi connectivity index (χ1) is 11.3. The molecular formula is C16H27CuN5O2+2. The molecule has 0 unspecified atom stereocenters. The molecule has 3 N–H and O–H groups in total. The van der Waals surface area contributed by atoms with E-state index in [0.717, 1.165) is 70.9 Å². The van der Waals surface area contributed by atoms with E-state index in [0.29, 0.717) is 0 Å². The topological polar surface area (TPSA) is 82.5 Å². The van der Waals surface area contributed by atoms with Crippen LogP contribution in [0.15, 0.2) is 24.3 Å². The van der Waals surface area contributed by atoms with E-state index in [4.69, 9.17) is 0 Å². The van der Waals surface area contributed by atoms with Gasteiger partial charge in [0.05, 0.1) is 4.92 Å². The molecule has 1 aliphatic rings. The predicted octanol–water partition coefficient (Wildman–Crippen LogP) is 0.961. The molecule has 1 radical (unpaired) electrons. The standard InChI is InChI=1S/C16H27N5O2.Cu/c22-21(23)16-5-3-15(4-6-16)20-13-2-9-18-11-10-17-7-1-8-19-12-14-20;/h3-6,17-19H,1-2,7-14H2;/q;+2. The number of rotatable bonds is 2. The average molecular weight is 385 g/mol. The molecule has 1 saturated heterocycles. The van der Waals surface area contributed by atoms with Crippen LogP contribution in [0.1, 0.15) is 12.8 Å². The second kappa shape index (κ2) is 12.2. The fourth-order valence-corrected chi connectivity index (χ4v) is 2.65. The van der Waals surface area contributed by atoms with Gasteiger partial charge in [0, 0.05) is 50.5 Å². The third kappa shape index (κ3) is 7.59.